The molecular formula is C31H31N2O3S+. The van der Waals surface area contributed by atoms with Crippen molar-refractivity contribution in [3.63, 3.8) is 0 Å². The van der Waals surface area contributed by atoms with Gasteiger partial charge in [-0.15, -0.1) is 11.3 Å². The number of fused-ring (bicyclic) bond motifs is 4. The number of piperidine rings is 3. The second-order valence-electron chi connectivity index (χ2n) is 10.4. The number of ketones is 1. The first-order chi connectivity index (χ1) is 18.1. The lowest BCUT2D eigenvalue weighted by Gasteiger charge is -2.51. The Balaban J connectivity index is 1.23. The van der Waals surface area contributed by atoms with Gasteiger partial charge in [0.05, 0.1) is 13.1 Å². The summed E-state index contributed by atoms with van der Waals surface area (Å²) in [4.78, 5) is 26.9. The average Bonchev–Trinajstić information content (AvgIpc) is 3.37. The summed E-state index contributed by atoms with van der Waals surface area (Å²) in [6, 6.07) is 26.9. The third-order valence-corrected chi connectivity index (χ3v) is 9.01. The molecule has 0 spiro atoms. The molecule has 0 amide bonds. The van der Waals surface area contributed by atoms with Crippen molar-refractivity contribution in [3.8, 4) is 0 Å². The first-order valence-corrected chi connectivity index (χ1v) is 13.9. The van der Waals surface area contributed by atoms with Crippen molar-refractivity contribution < 1.29 is 18.8 Å². The Morgan fingerprint density at radius 1 is 0.919 bits per heavy atom. The van der Waals surface area contributed by atoms with Crippen LogP contribution >= 0.6 is 11.3 Å². The summed E-state index contributed by atoms with van der Waals surface area (Å²) in [6.07, 6.45) is 1.79. The molecule has 3 saturated heterocycles. The molecule has 1 N–H and O–H groups in total. The fraction of sp³-hybridized carbons (Fsp3) is 0.290. The van der Waals surface area contributed by atoms with E-state index in [1.807, 2.05) is 72.8 Å². The van der Waals surface area contributed by atoms with Gasteiger partial charge in [0.25, 0.3) is 0 Å². The number of para-hydroxylation sites is 1. The number of rotatable bonds is 8. The zero-order valence-electron chi connectivity index (χ0n) is 20.7. The van der Waals surface area contributed by atoms with Gasteiger partial charge < -0.3 is 14.5 Å². The Hall–Kier alpha value is -3.48. The first-order valence-electron chi connectivity index (χ1n) is 13.0. The molecule has 4 aromatic rings. The predicted molar refractivity (Wildman–Crippen MR) is 148 cm³/mol. The third-order valence-electron chi connectivity index (χ3n) is 8.03. The fourth-order valence-corrected chi connectivity index (χ4v) is 6.99. The van der Waals surface area contributed by atoms with Gasteiger partial charge in [-0.25, -0.2) is 4.79 Å². The molecule has 7 rings (SSSR count). The Morgan fingerprint density at radius 2 is 1.59 bits per heavy atom. The van der Waals surface area contributed by atoms with Crippen LogP contribution in [0, 0.1) is 5.92 Å². The quantitative estimate of drug-likeness (QED) is 0.177. The molecule has 188 valence electrons. The standard InChI is InChI=1S/C31H31N2O3S/c34-27(22-9-3-1-4-10-22)19-33-17-15-23(16-18-33)28(20-33)36-31(35)30(32-24-11-5-2-6-12-24)26-21-37-29-14-8-7-13-25(26)29/h1-14,21,23,28,30,32H,15-20H2/q+1/t23?,28-,30-,33?/m0/s1. The van der Waals surface area contributed by atoms with Crippen molar-refractivity contribution in [1.29, 1.82) is 0 Å². The van der Waals surface area contributed by atoms with Crippen LogP contribution in [0.15, 0.2) is 90.3 Å². The van der Waals surface area contributed by atoms with Crippen molar-refractivity contribution in [2.75, 3.05) is 31.5 Å². The summed E-state index contributed by atoms with van der Waals surface area (Å²) >= 11 is 1.64. The molecule has 5 nitrogen and oxygen atoms in total. The minimum atomic E-state index is -0.603. The van der Waals surface area contributed by atoms with Crippen LogP contribution in [0.1, 0.15) is 34.8 Å². The van der Waals surface area contributed by atoms with Gasteiger partial charge >= 0.3 is 5.97 Å². The van der Waals surface area contributed by atoms with Gasteiger partial charge in [-0.3, -0.25) is 4.79 Å². The van der Waals surface area contributed by atoms with E-state index in [0.29, 0.717) is 23.5 Å². The SMILES string of the molecule is O=C(C[N+]12CCC(CC1)[C@@H](OC(=O)[C@@H](Nc1ccccc1)c1csc3ccccc13)C2)c1ccccc1. The van der Waals surface area contributed by atoms with Crippen LogP contribution < -0.4 is 5.32 Å². The highest BCUT2D eigenvalue weighted by molar-refractivity contribution is 7.17. The third kappa shape index (κ3) is 4.91. The number of ether oxygens (including phenoxy) is 1. The maximum Gasteiger partial charge on any atom is 0.333 e. The van der Waals surface area contributed by atoms with E-state index in [2.05, 4.69) is 22.8 Å². The predicted octanol–water partition coefficient (Wildman–Crippen LogP) is 6.09. The monoisotopic (exact) mass is 511 g/mol. The van der Waals surface area contributed by atoms with E-state index in [1.165, 1.54) is 0 Å². The van der Waals surface area contributed by atoms with Gasteiger partial charge in [-0.2, -0.15) is 0 Å². The Labute approximate surface area is 221 Å². The number of nitrogens with zero attached hydrogens (tertiary/aromatic N) is 1. The van der Waals surface area contributed by atoms with Gasteiger partial charge in [0, 0.05) is 40.3 Å². The van der Waals surface area contributed by atoms with Crippen molar-refractivity contribution >= 4 is 38.9 Å². The fourth-order valence-electron chi connectivity index (χ4n) is 6.00. The summed E-state index contributed by atoms with van der Waals surface area (Å²) in [5.74, 6) is 0.269. The van der Waals surface area contributed by atoms with E-state index in [0.717, 1.165) is 52.8 Å². The van der Waals surface area contributed by atoms with Crippen LogP contribution in [-0.4, -0.2) is 48.5 Å². The highest BCUT2D eigenvalue weighted by atomic mass is 32.1. The van der Waals surface area contributed by atoms with E-state index in [1.54, 1.807) is 11.3 Å². The Kier molecular flexibility index (Phi) is 6.53. The topological polar surface area (TPSA) is 55.4 Å². The molecule has 1 aromatic heterocycles. The number of hydrogen-bond donors (Lipinski definition) is 1. The lowest BCUT2D eigenvalue weighted by Crippen LogP contribution is -2.65. The molecule has 6 heteroatoms. The Bertz CT molecular complexity index is 1390. The van der Waals surface area contributed by atoms with Crippen molar-refractivity contribution in [1.82, 2.24) is 0 Å². The molecule has 4 heterocycles. The lowest BCUT2D eigenvalue weighted by molar-refractivity contribution is -0.938. The van der Waals surface area contributed by atoms with Crippen LogP contribution in [0.25, 0.3) is 10.1 Å². The van der Waals surface area contributed by atoms with E-state index >= 15 is 0 Å². The van der Waals surface area contributed by atoms with Gasteiger partial charge in [0.1, 0.15) is 13.1 Å². The van der Waals surface area contributed by atoms with E-state index in [-0.39, 0.29) is 17.9 Å². The Morgan fingerprint density at radius 3 is 2.35 bits per heavy atom. The average molecular weight is 512 g/mol. The molecule has 0 radical (unpaired) electrons. The molecule has 2 atom stereocenters. The maximum absolute atomic E-state index is 13.8. The van der Waals surface area contributed by atoms with Gasteiger partial charge in [-0.05, 0) is 29.0 Å². The van der Waals surface area contributed by atoms with Crippen LogP contribution in [0.4, 0.5) is 5.69 Å². The number of nitrogens with one attached hydrogen (secondary N) is 1. The van der Waals surface area contributed by atoms with Crippen molar-refractivity contribution in [3.05, 3.63) is 101 Å². The van der Waals surface area contributed by atoms with Gasteiger partial charge in [0.15, 0.2) is 12.1 Å². The first kappa shape index (κ1) is 23.9. The summed E-state index contributed by atoms with van der Waals surface area (Å²) in [7, 11) is 0. The molecule has 0 aliphatic carbocycles. The number of thiophene rings is 1. The smallest absolute Gasteiger partial charge is 0.333 e. The van der Waals surface area contributed by atoms with E-state index in [9.17, 15) is 9.59 Å². The van der Waals surface area contributed by atoms with Crippen molar-refractivity contribution in [2.45, 2.75) is 25.0 Å². The van der Waals surface area contributed by atoms with Gasteiger partial charge in [0.2, 0.25) is 5.78 Å². The number of anilines is 1. The van der Waals surface area contributed by atoms with Crippen LogP contribution in [0.5, 0.6) is 0 Å². The molecule has 3 aliphatic heterocycles. The highest BCUT2D eigenvalue weighted by Gasteiger charge is 2.49. The van der Waals surface area contributed by atoms with Crippen molar-refractivity contribution in [2.24, 2.45) is 5.92 Å². The molecular weight excluding hydrogens is 480 g/mol. The highest BCUT2D eigenvalue weighted by Crippen LogP contribution is 2.38. The summed E-state index contributed by atoms with van der Waals surface area (Å²) in [5, 5.41) is 6.58. The zero-order valence-corrected chi connectivity index (χ0v) is 21.5. The number of hydrogen-bond acceptors (Lipinski definition) is 5. The summed E-state index contributed by atoms with van der Waals surface area (Å²) < 4.78 is 8.18. The minimum absolute atomic E-state index is 0.166. The second-order valence-corrected chi connectivity index (χ2v) is 11.3. The van der Waals surface area contributed by atoms with Crippen LogP contribution in [0.2, 0.25) is 0 Å². The zero-order chi connectivity index (χ0) is 25.2. The number of Topliss-reactive ketones (excluding diaryl/α,β-unsaturated/α-hetero) is 1. The van der Waals surface area contributed by atoms with Crippen LogP contribution in [0.3, 0.4) is 0 Å². The maximum atomic E-state index is 13.8. The summed E-state index contributed by atoms with van der Waals surface area (Å²) in [5.41, 5.74) is 2.58. The minimum Gasteiger partial charge on any atom is -0.454 e. The number of carbonyl (C=O) groups is 2. The molecule has 2 bridgehead atoms. The van der Waals surface area contributed by atoms with Crippen LogP contribution in [-0.2, 0) is 9.53 Å². The normalized spacial score (nSPS) is 23.5. The molecule has 3 fully saturated rings. The lowest BCUT2D eigenvalue weighted by atomic mass is 9.82. The molecule has 0 saturated carbocycles. The number of benzene rings is 3. The molecule has 37 heavy (non-hydrogen) atoms. The summed E-state index contributed by atoms with van der Waals surface area (Å²) in [6.45, 7) is 3.11. The molecule has 3 aliphatic rings. The van der Waals surface area contributed by atoms with Gasteiger partial charge in [-0.1, -0.05) is 66.7 Å². The van der Waals surface area contributed by atoms with E-state index in [4.69, 9.17) is 4.74 Å². The number of esters is 1. The number of quaternary nitrogens is 1. The number of carbonyl (C=O) groups excluding carboxylic acids is 2. The van der Waals surface area contributed by atoms with E-state index < -0.39 is 6.04 Å². The largest absolute Gasteiger partial charge is 0.454 e. The molecule has 3 aromatic carbocycles. The molecule has 0 unspecified atom stereocenters. The second kappa shape index (κ2) is 10.1.